The van der Waals surface area contributed by atoms with Gasteiger partial charge in [-0.3, -0.25) is 9.66 Å². The molecule has 3 heteroatoms. The maximum absolute atomic E-state index is 6.02. The summed E-state index contributed by atoms with van der Waals surface area (Å²) >= 11 is 0. The van der Waals surface area contributed by atoms with Crippen LogP contribution in [0, 0.1) is 6.92 Å². The lowest BCUT2D eigenvalue weighted by Gasteiger charge is -1.97. The maximum atomic E-state index is 6.02. The molecule has 0 aliphatic rings. The fourth-order valence-electron chi connectivity index (χ4n) is 1.97. The number of fused-ring (bicyclic) bond motifs is 3. The number of nitrogens with zero attached hydrogens (tertiary/aromatic N) is 2. The van der Waals surface area contributed by atoms with E-state index in [9.17, 15) is 0 Å². The number of nitrogens with two attached hydrogens (primary N) is 1. The van der Waals surface area contributed by atoms with Crippen LogP contribution in [0.1, 0.15) is 5.56 Å². The molecule has 0 aliphatic heterocycles. The second-order valence-electron chi connectivity index (χ2n) is 3.76. The number of aromatic nitrogens is 2. The molecule has 0 saturated heterocycles. The van der Waals surface area contributed by atoms with Crippen molar-refractivity contribution in [3.63, 3.8) is 0 Å². The smallest absolute Gasteiger partial charge is 0.0979 e. The molecule has 2 heterocycles. The Morgan fingerprint density at radius 2 is 2.07 bits per heavy atom. The molecule has 0 unspecified atom stereocenters. The van der Waals surface area contributed by atoms with Crippen LogP contribution in [0.4, 0.5) is 0 Å². The number of pyridine rings is 1. The molecule has 0 bridgehead atoms. The first-order valence-electron chi connectivity index (χ1n) is 4.88. The van der Waals surface area contributed by atoms with Crippen molar-refractivity contribution in [2.75, 3.05) is 5.84 Å². The van der Waals surface area contributed by atoms with Gasteiger partial charge in [0.1, 0.15) is 0 Å². The average molecular weight is 197 g/mol. The molecule has 15 heavy (non-hydrogen) atoms. The standard InChI is InChI=1S/C12H11N3/c1-8-4-5-9-11(7-8)15(13)10-3-2-6-14-12(9)10/h2-7H,13H2,1H3. The van der Waals surface area contributed by atoms with Crippen LogP contribution < -0.4 is 5.84 Å². The van der Waals surface area contributed by atoms with Crippen molar-refractivity contribution in [1.82, 2.24) is 9.66 Å². The minimum absolute atomic E-state index is 0.968. The van der Waals surface area contributed by atoms with Gasteiger partial charge in [0, 0.05) is 11.6 Å². The Morgan fingerprint density at radius 3 is 2.93 bits per heavy atom. The van der Waals surface area contributed by atoms with E-state index in [1.807, 2.05) is 12.1 Å². The van der Waals surface area contributed by atoms with E-state index in [1.54, 1.807) is 10.9 Å². The topological polar surface area (TPSA) is 43.8 Å². The van der Waals surface area contributed by atoms with E-state index in [-0.39, 0.29) is 0 Å². The predicted molar refractivity (Wildman–Crippen MR) is 62.1 cm³/mol. The maximum Gasteiger partial charge on any atom is 0.0979 e. The second-order valence-corrected chi connectivity index (χ2v) is 3.76. The van der Waals surface area contributed by atoms with Crippen LogP contribution in [0.2, 0.25) is 0 Å². The summed E-state index contributed by atoms with van der Waals surface area (Å²) in [5.74, 6) is 6.02. The molecule has 0 radical (unpaired) electrons. The van der Waals surface area contributed by atoms with Gasteiger partial charge in [0.25, 0.3) is 0 Å². The summed E-state index contributed by atoms with van der Waals surface area (Å²) in [4.78, 5) is 4.36. The number of hydrogen-bond acceptors (Lipinski definition) is 2. The molecule has 1 aromatic carbocycles. The van der Waals surface area contributed by atoms with E-state index < -0.39 is 0 Å². The zero-order valence-corrected chi connectivity index (χ0v) is 8.44. The second kappa shape index (κ2) is 2.73. The molecule has 3 nitrogen and oxygen atoms in total. The van der Waals surface area contributed by atoms with Crippen LogP contribution in [0.25, 0.3) is 21.9 Å². The van der Waals surface area contributed by atoms with Gasteiger partial charge in [-0.15, -0.1) is 0 Å². The third kappa shape index (κ3) is 1.03. The summed E-state index contributed by atoms with van der Waals surface area (Å²) in [6.45, 7) is 2.06. The van der Waals surface area contributed by atoms with Gasteiger partial charge in [-0.2, -0.15) is 0 Å². The molecule has 0 saturated carbocycles. The highest BCUT2D eigenvalue weighted by Gasteiger charge is 2.08. The van der Waals surface area contributed by atoms with Crippen LogP contribution in [-0.2, 0) is 0 Å². The first kappa shape index (κ1) is 8.29. The highest BCUT2D eigenvalue weighted by atomic mass is 15.3. The van der Waals surface area contributed by atoms with E-state index in [4.69, 9.17) is 5.84 Å². The molecule has 2 aromatic heterocycles. The first-order chi connectivity index (χ1) is 7.27. The summed E-state index contributed by atoms with van der Waals surface area (Å²) in [7, 11) is 0. The molecule has 0 amide bonds. The van der Waals surface area contributed by atoms with E-state index in [2.05, 4.69) is 30.1 Å². The first-order valence-corrected chi connectivity index (χ1v) is 4.88. The van der Waals surface area contributed by atoms with Gasteiger partial charge in [-0.05, 0) is 30.7 Å². The summed E-state index contributed by atoms with van der Waals surface area (Å²) in [6, 6.07) is 10.1. The minimum Gasteiger partial charge on any atom is -0.339 e. The summed E-state index contributed by atoms with van der Waals surface area (Å²) < 4.78 is 1.70. The SMILES string of the molecule is Cc1ccc2c3ncccc3n(N)c2c1. The van der Waals surface area contributed by atoms with Gasteiger partial charge in [0.05, 0.1) is 16.6 Å². The molecule has 74 valence electrons. The van der Waals surface area contributed by atoms with Crippen molar-refractivity contribution in [1.29, 1.82) is 0 Å². The predicted octanol–water partition coefficient (Wildman–Crippen LogP) is 2.21. The summed E-state index contributed by atoms with van der Waals surface area (Å²) in [5.41, 5.74) is 4.17. The number of benzene rings is 1. The van der Waals surface area contributed by atoms with Crippen molar-refractivity contribution in [3.8, 4) is 0 Å². The monoisotopic (exact) mass is 197 g/mol. The Morgan fingerprint density at radius 1 is 1.20 bits per heavy atom. The Balaban J connectivity index is 2.63. The number of aryl methyl sites for hydroxylation is 1. The van der Waals surface area contributed by atoms with E-state index in [0.717, 1.165) is 21.9 Å². The van der Waals surface area contributed by atoms with Crippen molar-refractivity contribution < 1.29 is 0 Å². The Labute approximate surface area is 87.1 Å². The number of nitrogen functional groups attached to an aromatic ring is 1. The number of hydrogen-bond donors (Lipinski definition) is 1. The Hall–Kier alpha value is -2.03. The molecule has 0 aliphatic carbocycles. The highest BCUT2D eigenvalue weighted by molar-refractivity contribution is 6.05. The molecule has 0 atom stereocenters. The van der Waals surface area contributed by atoms with Gasteiger partial charge >= 0.3 is 0 Å². The zero-order chi connectivity index (χ0) is 10.4. The molecular weight excluding hydrogens is 186 g/mol. The van der Waals surface area contributed by atoms with Gasteiger partial charge in [0.2, 0.25) is 0 Å². The van der Waals surface area contributed by atoms with Crippen LogP contribution in [0.5, 0.6) is 0 Å². The van der Waals surface area contributed by atoms with Crippen molar-refractivity contribution in [3.05, 3.63) is 42.1 Å². The fourth-order valence-corrected chi connectivity index (χ4v) is 1.97. The van der Waals surface area contributed by atoms with Crippen LogP contribution >= 0.6 is 0 Å². The van der Waals surface area contributed by atoms with Crippen molar-refractivity contribution in [2.24, 2.45) is 0 Å². The lowest BCUT2D eigenvalue weighted by molar-refractivity contribution is 1.11. The van der Waals surface area contributed by atoms with Gasteiger partial charge in [-0.1, -0.05) is 12.1 Å². The summed E-state index contributed by atoms with van der Waals surface area (Å²) in [6.07, 6.45) is 1.79. The van der Waals surface area contributed by atoms with Gasteiger partial charge in [-0.25, -0.2) is 0 Å². The van der Waals surface area contributed by atoms with Crippen molar-refractivity contribution in [2.45, 2.75) is 6.92 Å². The van der Waals surface area contributed by atoms with E-state index in [0.29, 0.717) is 0 Å². The summed E-state index contributed by atoms with van der Waals surface area (Å²) in [5, 5.41) is 1.11. The van der Waals surface area contributed by atoms with E-state index >= 15 is 0 Å². The lowest BCUT2D eigenvalue weighted by atomic mass is 10.2. The minimum atomic E-state index is 0.968. The van der Waals surface area contributed by atoms with Crippen molar-refractivity contribution >= 4 is 21.9 Å². The Bertz CT molecular complexity index is 652. The zero-order valence-electron chi connectivity index (χ0n) is 8.44. The van der Waals surface area contributed by atoms with Crippen LogP contribution in [0.15, 0.2) is 36.5 Å². The highest BCUT2D eigenvalue weighted by Crippen LogP contribution is 2.25. The van der Waals surface area contributed by atoms with Crippen LogP contribution in [-0.4, -0.2) is 9.66 Å². The molecular formula is C12H11N3. The quantitative estimate of drug-likeness (QED) is 0.561. The van der Waals surface area contributed by atoms with Gasteiger partial charge in [0.15, 0.2) is 0 Å². The largest absolute Gasteiger partial charge is 0.339 e. The third-order valence-electron chi connectivity index (χ3n) is 2.71. The van der Waals surface area contributed by atoms with Crippen LogP contribution in [0.3, 0.4) is 0 Å². The molecule has 2 N–H and O–H groups in total. The third-order valence-corrected chi connectivity index (χ3v) is 2.71. The molecule has 0 spiro atoms. The number of rotatable bonds is 0. The molecule has 0 fully saturated rings. The normalized spacial score (nSPS) is 11.3. The molecule has 3 rings (SSSR count). The fraction of sp³-hybridized carbons (Fsp3) is 0.0833. The lowest BCUT2D eigenvalue weighted by Crippen LogP contribution is -2.06. The van der Waals surface area contributed by atoms with Gasteiger partial charge < -0.3 is 5.84 Å². The molecule has 3 aromatic rings. The average Bonchev–Trinajstić information content (AvgIpc) is 2.54. The van der Waals surface area contributed by atoms with E-state index in [1.165, 1.54) is 5.56 Å². The Kier molecular flexibility index (Phi) is 1.51.